The molecular weight excluding hydrogens is 505 g/mol. The van der Waals surface area contributed by atoms with E-state index in [1.165, 1.54) is 37.4 Å². The zero-order valence-electron chi connectivity index (χ0n) is 21.6. The fraction of sp³-hybridized carbons (Fsp3) is 0.290. The Kier molecular flexibility index (Phi) is 6.01. The standard InChI is InChI=1S/C31H27F3N2O3/c1-3-36-25-11-27-22(28(30(38)35-2)29(39-27)17-4-6-18(32)7-5-17)9-20(25)19-8-21(24(34)10-23(19)33)26(37)15-31-12-16(13-31)14-31/h4-11,16,36H,3,12-15H2,1-2H3,(H,35,38). The first-order chi connectivity index (χ1) is 18.7. The summed E-state index contributed by atoms with van der Waals surface area (Å²) in [7, 11) is 1.48. The molecule has 3 saturated carbocycles. The van der Waals surface area contributed by atoms with E-state index < -0.39 is 23.4 Å². The Labute approximate surface area is 223 Å². The third kappa shape index (κ3) is 4.18. The number of anilines is 1. The maximum atomic E-state index is 15.3. The van der Waals surface area contributed by atoms with Crippen LogP contribution in [0.1, 0.15) is 53.3 Å². The summed E-state index contributed by atoms with van der Waals surface area (Å²) in [5, 5.41) is 6.19. The van der Waals surface area contributed by atoms with Crippen LogP contribution in [0.4, 0.5) is 18.9 Å². The van der Waals surface area contributed by atoms with Gasteiger partial charge in [0.1, 0.15) is 28.8 Å². The van der Waals surface area contributed by atoms with Gasteiger partial charge in [-0.1, -0.05) is 0 Å². The van der Waals surface area contributed by atoms with E-state index >= 15 is 4.39 Å². The van der Waals surface area contributed by atoms with Crippen LogP contribution < -0.4 is 10.6 Å². The Bertz CT molecular complexity index is 1620. The van der Waals surface area contributed by atoms with E-state index in [2.05, 4.69) is 10.6 Å². The molecule has 0 unspecified atom stereocenters. The number of rotatable bonds is 8. The third-order valence-electron chi connectivity index (χ3n) is 8.10. The van der Waals surface area contributed by atoms with Gasteiger partial charge in [-0.15, -0.1) is 0 Å². The van der Waals surface area contributed by atoms with Gasteiger partial charge in [0, 0.05) is 59.9 Å². The highest BCUT2D eigenvalue weighted by Crippen LogP contribution is 2.66. The van der Waals surface area contributed by atoms with Gasteiger partial charge >= 0.3 is 0 Å². The molecule has 2 bridgehead atoms. The normalized spacial score (nSPS) is 19.4. The maximum Gasteiger partial charge on any atom is 0.255 e. The van der Waals surface area contributed by atoms with Crippen molar-refractivity contribution < 1.29 is 27.2 Å². The lowest BCUT2D eigenvalue weighted by Crippen LogP contribution is -2.52. The summed E-state index contributed by atoms with van der Waals surface area (Å²) in [5.74, 6) is -1.99. The van der Waals surface area contributed by atoms with Gasteiger partial charge in [0.15, 0.2) is 5.78 Å². The summed E-state index contributed by atoms with van der Waals surface area (Å²) < 4.78 is 49.9. The fourth-order valence-corrected chi connectivity index (χ4v) is 6.14. The van der Waals surface area contributed by atoms with E-state index in [1.54, 1.807) is 12.1 Å². The summed E-state index contributed by atoms with van der Waals surface area (Å²) in [6.07, 6.45) is 3.24. The number of amides is 1. The molecular formula is C31H27F3N2O3. The van der Waals surface area contributed by atoms with Crippen molar-refractivity contribution in [3.05, 3.63) is 77.1 Å². The average Bonchev–Trinajstić information content (AvgIpc) is 3.23. The first-order valence-electron chi connectivity index (χ1n) is 13.1. The Morgan fingerprint density at radius 2 is 1.69 bits per heavy atom. The van der Waals surface area contributed by atoms with E-state index in [0.717, 1.165) is 25.3 Å². The van der Waals surface area contributed by atoms with Crippen molar-refractivity contribution >= 4 is 28.3 Å². The summed E-state index contributed by atoms with van der Waals surface area (Å²) >= 11 is 0. The second-order valence-corrected chi connectivity index (χ2v) is 10.7. The van der Waals surface area contributed by atoms with Crippen LogP contribution in [0.15, 0.2) is 52.9 Å². The summed E-state index contributed by atoms with van der Waals surface area (Å²) in [6.45, 7) is 2.36. The van der Waals surface area contributed by atoms with E-state index in [4.69, 9.17) is 4.42 Å². The van der Waals surface area contributed by atoms with Gasteiger partial charge < -0.3 is 15.1 Å². The van der Waals surface area contributed by atoms with Crippen LogP contribution in [0.5, 0.6) is 0 Å². The molecule has 0 atom stereocenters. The molecule has 3 aliphatic carbocycles. The van der Waals surface area contributed by atoms with Crippen molar-refractivity contribution in [1.29, 1.82) is 0 Å². The summed E-state index contributed by atoms with van der Waals surface area (Å²) in [4.78, 5) is 26.1. The topological polar surface area (TPSA) is 71.3 Å². The van der Waals surface area contributed by atoms with Gasteiger partial charge in [-0.3, -0.25) is 9.59 Å². The van der Waals surface area contributed by atoms with Crippen molar-refractivity contribution in [3.8, 4) is 22.5 Å². The highest BCUT2D eigenvalue weighted by molar-refractivity contribution is 6.13. The third-order valence-corrected chi connectivity index (χ3v) is 8.10. The molecule has 0 spiro atoms. The molecule has 5 nitrogen and oxygen atoms in total. The number of carbonyl (C=O) groups excluding carboxylic acids is 2. The minimum atomic E-state index is -0.883. The molecule has 1 aromatic heterocycles. The Hall–Kier alpha value is -4.07. The second kappa shape index (κ2) is 9.29. The molecule has 7 rings (SSSR count). The number of carbonyl (C=O) groups is 2. The molecule has 3 aromatic carbocycles. The first-order valence-corrected chi connectivity index (χ1v) is 13.1. The molecule has 200 valence electrons. The van der Waals surface area contributed by atoms with Crippen LogP contribution >= 0.6 is 0 Å². The van der Waals surface area contributed by atoms with Crippen LogP contribution in [0, 0.1) is 28.8 Å². The highest BCUT2D eigenvalue weighted by atomic mass is 19.1. The molecule has 1 amide bonds. The Morgan fingerprint density at radius 3 is 2.31 bits per heavy atom. The van der Waals surface area contributed by atoms with Gasteiger partial charge in [-0.2, -0.15) is 0 Å². The van der Waals surface area contributed by atoms with E-state index in [0.29, 0.717) is 40.2 Å². The number of fused-ring (bicyclic) bond motifs is 1. The predicted molar refractivity (Wildman–Crippen MR) is 143 cm³/mol. The second-order valence-electron chi connectivity index (χ2n) is 10.7. The number of nitrogens with one attached hydrogen (secondary N) is 2. The molecule has 3 fully saturated rings. The number of furan rings is 1. The smallest absolute Gasteiger partial charge is 0.255 e. The lowest BCUT2D eigenvalue weighted by Gasteiger charge is -2.62. The lowest BCUT2D eigenvalue weighted by atomic mass is 9.43. The summed E-state index contributed by atoms with van der Waals surface area (Å²) in [5.41, 5.74) is 1.79. The van der Waals surface area contributed by atoms with Gasteiger partial charge in [-0.05, 0) is 73.9 Å². The van der Waals surface area contributed by atoms with E-state index in [9.17, 15) is 18.4 Å². The van der Waals surface area contributed by atoms with Crippen molar-refractivity contribution in [2.45, 2.75) is 32.6 Å². The number of ketones is 1. The molecule has 3 aliphatic rings. The number of benzene rings is 3. The molecule has 0 saturated heterocycles. The zero-order valence-corrected chi connectivity index (χ0v) is 21.6. The van der Waals surface area contributed by atoms with Crippen molar-refractivity contribution in [2.24, 2.45) is 11.3 Å². The van der Waals surface area contributed by atoms with E-state index in [1.807, 2.05) is 6.92 Å². The van der Waals surface area contributed by atoms with E-state index in [-0.39, 0.29) is 40.1 Å². The highest BCUT2D eigenvalue weighted by Gasteiger charge is 2.57. The largest absolute Gasteiger partial charge is 0.455 e. The van der Waals surface area contributed by atoms with Gasteiger partial charge in [0.05, 0.1) is 11.1 Å². The van der Waals surface area contributed by atoms with Crippen molar-refractivity contribution in [1.82, 2.24) is 5.32 Å². The zero-order chi connectivity index (χ0) is 27.5. The van der Waals surface area contributed by atoms with Gasteiger partial charge in [-0.25, -0.2) is 13.2 Å². The maximum absolute atomic E-state index is 15.3. The number of halogens is 3. The van der Waals surface area contributed by atoms with Crippen LogP contribution in [0.2, 0.25) is 0 Å². The molecule has 8 heteroatoms. The number of hydrogen-bond acceptors (Lipinski definition) is 4. The number of Topliss-reactive ketones (excluding diaryl/α,β-unsaturated/α-hetero) is 1. The van der Waals surface area contributed by atoms with Crippen molar-refractivity contribution in [2.75, 3.05) is 18.9 Å². The van der Waals surface area contributed by atoms with Crippen LogP contribution in [0.3, 0.4) is 0 Å². The minimum Gasteiger partial charge on any atom is -0.455 e. The molecule has 1 heterocycles. The van der Waals surface area contributed by atoms with Crippen molar-refractivity contribution in [3.63, 3.8) is 0 Å². The van der Waals surface area contributed by atoms with Crippen LogP contribution in [-0.4, -0.2) is 25.3 Å². The van der Waals surface area contributed by atoms with Crippen LogP contribution in [-0.2, 0) is 0 Å². The molecule has 39 heavy (non-hydrogen) atoms. The first kappa shape index (κ1) is 25.2. The van der Waals surface area contributed by atoms with Gasteiger partial charge in [0.2, 0.25) is 0 Å². The molecule has 2 N–H and O–H groups in total. The van der Waals surface area contributed by atoms with Gasteiger partial charge in [0.25, 0.3) is 5.91 Å². The molecule has 0 radical (unpaired) electrons. The fourth-order valence-electron chi connectivity index (χ4n) is 6.14. The predicted octanol–water partition coefficient (Wildman–Crippen LogP) is 7.35. The average molecular weight is 533 g/mol. The SMILES string of the molecule is CCNc1cc2oc(-c3ccc(F)cc3)c(C(=O)NC)c2cc1-c1cc(C(=O)CC23CC(C2)C3)c(F)cc1F. The molecule has 0 aliphatic heterocycles. The minimum absolute atomic E-state index is 0.0213. The Balaban J connectivity index is 1.52. The quantitative estimate of drug-likeness (QED) is 0.233. The Morgan fingerprint density at radius 1 is 0.974 bits per heavy atom. The monoisotopic (exact) mass is 532 g/mol. The molecule has 4 aromatic rings. The van der Waals surface area contributed by atoms with Crippen LogP contribution in [0.25, 0.3) is 33.4 Å². The summed E-state index contributed by atoms with van der Waals surface area (Å²) in [6, 6.07) is 10.9. The lowest BCUT2D eigenvalue weighted by molar-refractivity contribution is -0.103. The number of hydrogen-bond donors (Lipinski definition) is 2.